The molecule has 0 bridgehead atoms. The van der Waals surface area contributed by atoms with Crippen molar-refractivity contribution in [2.24, 2.45) is 5.92 Å². The summed E-state index contributed by atoms with van der Waals surface area (Å²) < 4.78 is 27.5. The quantitative estimate of drug-likeness (QED) is 0.875. The first kappa shape index (κ1) is 13.5. The van der Waals surface area contributed by atoms with E-state index < -0.39 is 10.0 Å². The minimum atomic E-state index is -3.36. The van der Waals surface area contributed by atoms with Crippen molar-refractivity contribution in [2.75, 3.05) is 6.54 Å². The van der Waals surface area contributed by atoms with Gasteiger partial charge in [-0.25, -0.2) is 8.42 Å². The summed E-state index contributed by atoms with van der Waals surface area (Å²) in [6, 6.07) is 1.92. The molecule has 0 atom stereocenters. The summed E-state index contributed by atoms with van der Waals surface area (Å²) in [4.78, 5) is 0.751. The van der Waals surface area contributed by atoms with E-state index in [4.69, 9.17) is 0 Å². The Hall–Kier alpha value is -0.430. The Bertz CT molecular complexity index is 571. The van der Waals surface area contributed by atoms with Crippen LogP contribution in [-0.4, -0.2) is 30.4 Å². The summed E-state index contributed by atoms with van der Waals surface area (Å²) in [5, 5.41) is 9.22. The Kier molecular flexibility index (Phi) is 3.45. The fraction of sp³-hybridized carbons (Fsp3) is 0.692. The van der Waals surface area contributed by atoms with Gasteiger partial charge in [0, 0.05) is 17.5 Å². The number of sulfonamides is 1. The highest BCUT2D eigenvalue weighted by molar-refractivity contribution is 7.91. The number of nitrogens with zero attached hydrogens (tertiary/aromatic N) is 1. The Balaban J connectivity index is 1.89. The van der Waals surface area contributed by atoms with E-state index in [0.717, 1.165) is 36.1 Å². The molecule has 0 unspecified atom stereocenters. The lowest BCUT2D eigenvalue weighted by molar-refractivity contribution is 0.285. The Morgan fingerprint density at radius 3 is 2.53 bits per heavy atom. The first-order valence-electron chi connectivity index (χ1n) is 6.74. The van der Waals surface area contributed by atoms with Crippen LogP contribution >= 0.6 is 11.3 Å². The summed E-state index contributed by atoms with van der Waals surface area (Å²) >= 11 is 1.21. The average molecular weight is 301 g/mol. The predicted molar refractivity (Wildman–Crippen MR) is 74.6 cm³/mol. The minimum absolute atomic E-state index is 0.0852. The molecule has 0 amide bonds. The molecule has 19 heavy (non-hydrogen) atoms. The molecule has 1 aromatic heterocycles. The third-order valence-corrected chi connectivity index (χ3v) is 7.38. The van der Waals surface area contributed by atoms with Crippen molar-refractivity contribution in [1.82, 2.24) is 4.31 Å². The fourth-order valence-corrected chi connectivity index (χ4v) is 5.59. The first-order valence-corrected chi connectivity index (χ1v) is 9.00. The Labute approximate surface area is 118 Å². The number of aliphatic hydroxyl groups excluding tert-OH is 1. The van der Waals surface area contributed by atoms with Crippen LogP contribution in [0, 0.1) is 12.8 Å². The van der Waals surface area contributed by atoms with Crippen LogP contribution in [0.1, 0.15) is 36.1 Å². The highest BCUT2D eigenvalue weighted by Gasteiger charge is 2.41. The van der Waals surface area contributed by atoms with Crippen LogP contribution in [0.25, 0.3) is 0 Å². The molecule has 2 aliphatic rings. The van der Waals surface area contributed by atoms with Crippen LogP contribution in [0.15, 0.2) is 10.3 Å². The summed E-state index contributed by atoms with van der Waals surface area (Å²) in [5.41, 5.74) is 0.869. The molecule has 4 nitrogen and oxygen atoms in total. The number of thiophene rings is 1. The molecule has 1 aromatic rings. The van der Waals surface area contributed by atoms with Gasteiger partial charge in [0.2, 0.25) is 0 Å². The van der Waals surface area contributed by atoms with Crippen LogP contribution < -0.4 is 0 Å². The topological polar surface area (TPSA) is 57.6 Å². The van der Waals surface area contributed by atoms with Gasteiger partial charge in [-0.15, -0.1) is 11.3 Å². The number of rotatable bonds is 6. The zero-order valence-electron chi connectivity index (χ0n) is 11.0. The molecular weight excluding hydrogens is 282 g/mol. The van der Waals surface area contributed by atoms with Crippen molar-refractivity contribution in [1.29, 1.82) is 0 Å². The van der Waals surface area contributed by atoms with Gasteiger partial charge in [-0.1, -0.05) is 0 Å². The average Bonchev–Trinajstić information content (AvgIpc) is 3.24. The van der Waals surface area contributed by atoms with Crippen LogP contribution in [0.2, 0.25) is 0 Å². The van der Waals surface area contributed by atoms with E-state index in [9.17, 15) is 13.5 Å². The zero-order chi connectivity index (χ0) is 13.6. The van der Waals surface area contributed by atoms with E-state index in [1.165, 1.54) is 11.3 Å². The maximum Gasteiger partial charge on any atom is 0.252 e. The van der Waals surface area contributed by atoms with Gasteiger partial charge in [0.15, 0.2) is 0 Å². The van der Waals surface area contributed by atoms with Gasteiger partial charge in [-0.05, 0) is 50.2 Å². The molecule has 2 aliphatic carbocycles. The molecule has 0 aromatic carbocycles. The molecule has 2 fully saturated rings. The first-order chi connectivity index (χ1) is 9.02. The molecule has 3 rings (SSSR count). The second-order valence-electron chi connectivity index (χ2n) is 5.58. The van der Waals surface area contributed by atoms with E-state index in [2.05, 4.69) is 0 Å². The third-order valence-electron chi connectivity index (χ3n) is 3.79. The predicted octanol–water partition coefficient (Wildman–Crippen LogP) is 2.11. The number of aryl methyl sites for hydroxylation is 1. The highest BCUT2D eigenvalue weighted by atomic mass is 32.2. The largest absolute Gasteiger partial charge is 0.391 e. The fourth-order valence-electron chi connectivity index (χ4n) is 2.25. The van der Waals surface area contributed by atoms with Crippen molar-refractivity contribution >= 4 is 21.4 Å². The zero-order valence-corrected chi connectivity index (χ0v) is 12.6. The molecule has 0 spiro atoms. The van der Waals surface area contributed by atoms with Gasteiger partial charge >= 0.3 is 0 Å². The molecule has 1 heterocycles. The maximum absolute atomic E-state index is 12.7. The molecular formula is C13H19NO3S2. The molecule has 1 N–H and O–H groups in total. The normalized spacial score (nSPS) is 20.2. The van der Waals surface area contributed by atoms with Gasteiger partial charge in [-0.3, -0.25) is 0 Å². The van der Waals surface area contributed by atoms with Crippen LogP contribution in [0.3, 0.4) is 0 Å². The smallest absolute Gasteiger partial charge is 0.252 e. The van der Waals surface area contributed by atoms with Gasteiger partial charge < -0.3 is 5.11 Å². The Morgan fingerprint density at radius 1 is 1.37 bits per heavy atom. The monoisotopic (exact) mass is 301 g/mol. The van der Waals surface area contributed by atoms with Gasteiger partial charge in [0.1, 0.15) is 4.21 Å². The standard InChI is InChI=1S/C13H19NO3S2/c1-9-6-13(18-12(9)8-15)19(16,17)14(11-4-5-11)7-10-2-3-10/h6,10-11,15H,2-5,7-8H2,1H3. The second-order valence-corrected chi connectivity index (χ2v) is 8.83. The minimum Gasteiger partial charge on any atom is -0.391 e. The van der Waals surface area contributed by atoms with Gasteiger partial charge in [0.05, 0.1) is 6.61 Å². The van der Waals surface area contributed by atoms with Crippen molar-refractivity contribution < 1.29 is 13.5 Å². The molecule has 2 saturated carbocycles. The summed E-state index contributed by atoms with van der Waals surface area (Å²) in [7, 11) is -3.36. The lowest BCUT2D eigenvalue weighted by atomic mass is 10.3. The molecule has 106 valence electrons. The highest BCUT2D eigenvalue weighted by Crippen LogP contribution is 2.39. The number of hydrogen-bond donors (Lipinski definition) is 1. The lowest BCUT2D eigenvalue weighted by Crippen LogP contribution is -2.34. The summed E-state index contributed by atoms with van der Waals surface area (Å²) in [6.07, 6.45) is 4.29. The van der Waals surface area contributed by atoms with Crippen LogP contribution in [0.4, 0.5) is 0 Å². The molecule has 6 heteroatoms. The van der Waals surface area contributed by atoms with Crippen molar-refractivity contribution in [2.45, 2.75) is 49.5 Å². The molecule has 0 radical (unpaired) electrons. The summed E-state index contributed by atoms with van der Waals surface area (Å²) in [5.74, 6) is 0.564. The Morgan fingerprint density at radius 2 is 2.05 bits per heavy atom. The van der Waals surface area contributed by atoms with Crippen molar-refractivity contribution in [3.05, 3.63) is 16.5 Å². The van der Waals surface area contributed by atoms with E-state index >= 15 is 0 Å². The van der Waals surface area contributed by atoms with E-state index in [1.54, 1.807) is 10.4 Å². The van der Waals surface area contributed by atoms with Gasteiger partial charge in [0.25, 0.3) is 10.0 Å². The molecule has 0 saturated heterocycles. The third kappa shape index (κ3) is 2.72. The van der Waals surface area contributed by atoms with Crippen LogP contribution in [-0.2, 0) is 16.6 Å². The summed E-state index contributed by atoms with van der Waals surface area (Å²) in [6.45, 7) is 2.44. The SMILES string of the molecule is Cc1cc(S(=O)(=O)N(CC2CC2)C2CC2)sc1CO. The maximum atomic E-state index is 12.7. The second kappa shape index (κ2) is 4.84. The van der Waals surface area contributed by atoms with Crippen molar-refractivity contribution in [3.63, 3.8) is 0 Å². The van der Waals surface area contributed by atoms with Gasteiger partial charge in [-0.2, -0.15) is 4.31 Å². The van der Waals surface area contributed by atoms with E-state index in [0.29, 0.717) is 16.7 Å². The molecule has 0 aliphatic heterocycles. The van der Waals surface area contributed by atoms with Crippen molar-refractivity contribution in [3.8, 4) is 0 Å². The number of hydrogen-bond acceptors (Lipinski definition) is 4. The lowest BCUT2D eigenvalue weighted by Gasteiger charge is -2.20. The number of aliphatic hydroxyl groups is 1. The van der Waals surface area contributed by atoms with E-state index in [1.807, 2.05) is 6.92 Å². The van der Waals surface area contributed by atoms with E-state index in [-0.39, 0.29) is 12.6 Å². The van der Waals surface area contributed by atoms with Crippen LogP contribution in [0.5, 0.6) is 0 Å².